The number of nitrogens with zero attached hydrogens (tertiary/aromatic N) is 1. The molecule has 2 N–H and O–H groups in total. The maximum atomic E-state index is 10.5. The van der Waals surface area contributed by atoms with E-state index in [1.807, 2.05) is 12.1 Å². The highest BCUT2D eigenvalue weighted by molar-refractivity contribution is 6.17. The molecular weight excluding hydrogens is 228 g/mol. The minimum Gasteiger partial charge on any atom is -0.478 e. The van der Waals surface area contributed by atoms with Crippen LogP contribution in [0.3, 0.4) is 0 Å². The normalized spacial score (nSPS) is 11.3. The third kappa shape index (κ3) is 2.06. The zero-order valence-electron chi connectivity index (χ0n) is 8.27. The molecule has 1 aromatic heterocycles. The van der Waals surface area contributed by atoms with Gasteiger partial charge in [0.2, 0.25) is 0 Å². The van der Waals surface area contributed by atoms with Gasteiger partial charge in [0.25, 0.3) is 0 Å². The van der Waals surface area contributed by atoms with E-state index in [1.54, 1.807) is 6.33 Å². The van der Waals surface area contributed by atoms with E-state index in [9.17, 15) is 4.79 Å². The lowest BCUT2D eigenvalue weighted by molar-refractivity contribution is -0.131. The van der Waals surface area contributed by atoms with Crippen LogP contribution in [0.4, 0.5) is 0 Å². The first kappa shape index (κ1) is 10.7. The van der Waals surface area contributed by atoms with Crippen molar-refractivity contribution in [2.75, 3.05) is 0 Å². The van der Waals surface area contributed by atoms with Gasteiger partial charge in [-0.05, 0) is 23.8 Å². The summed E-state index contributed by atoms with van der Waals surface area (Å²) in [6.45, 7) is 0. The zero-order chi connectivity index (χ0) is 11.5. The Morgan fingerprint density at radius 3 is 3.06 bits per heavy atom. The number of hydrogen-bond acceptors (Lipinski definition) is 2. The molecule has 0 fully saturated rings. The third-order valence-electron chi connectivity index (χ3n) is 2.17. The average Bonchev–Trinajstić information content (AvgIpc) is 2.73. The second-order valence-corrected chi connectivity index (χ2v) is 3.56. The van der Waals surface area contributed by atoms with Crippen molar-refractivity contribution in [2.24, 2.45) is 0 Å². The molecule has 0 aliphatic rings. The number of fused-ring (bicyclic) bond motifs is 1. The molecule has 5 heteroatoms. The summed E-state index contributed by atoms with van der Waals surface area (Å²) >= 11 is 5.75. The topological polar surface area (TPSA) is 66.0 Å². The smallest absolute Gasteiger partial charge is 0.328 e. The lowest BCUT2D eigenvalue weighted by atomic mass is 10.1. The van der Waals surface area contributed by atoms with Gasteiger partial charge in [-0.15, -0.1) is 11.6 Å². The number of nitrogens with one attached hydrogen (secondary N) is 1. The van der Waals surface area contributed by atoms with Gasteiger partial charge < -0.3 is 10.1 Å². The Balaban J connectivity index is 2.56. The number of aliphatic carboxylic acids is 1. The number of carboxylic acids is 1. The monoisotopic (exact) mass is 236 g/mol. The predicted octanol–water partition coefficient (Wildman–Crippen LogP) is 2.40. The molecule has 1 aromatic carbocycles. The Morgan fingerprint density at radius 2 is 2.38 bits per heavy atom. The summed E-state index contributed by atoms with van der Waals surface area (Å²) in [6, 6.07) is 3.73. The molecule has 0 aliphatic heterocycles. The van der Waals surface area contributed by atoms with Gasteiger partial charge >= 0.3 is 5.97 Å². The van der Waals surface area contributed by atoms with Crippen molar-refractivity contribution in [1.29, 1.82) is 0 Å². The van der Waals surface area contributed by atoms with Crippen LogP contribution in [0.25, 0.3) is 17.1 Å². The molecule has 16 heavy (non-hydrogen) atoms. The number of halogens is 1. The maximum Gasteiger partial charge on any atom is 0.328 e. The van der Waals surface area contributed by atoms with Crippen LogP contribution in [0, 0.1) is 0 Å². The van der Waals surface area contributed by atoms with E-state index in [-0.39, 0.29) is 0 Å². The number of hydrogen-bond donors (Lipinski definition) is 2. The van der Waals surface area contributed by atoms with E-state index in [1.165, 1.54) is 6.08 Å². The fourth-order valence-electron chi connectivity index (χ4n) is 1.50. The largest absolute Gasteiger partial charge is 0.478 e. The van der Waals surface area contributed by atoms with Gasteiger partial charge in [0.05, 0.1) is 17.4 Å². The number of H-pyrrole nitrogens is 1. The number of carboxylic acid groups (broad SMARTS) is 1. The van der Waals surface area contributed by atoms with Gasteiger partial charge in [-0.25, -0.2) is 9.78 Å². The highest BCUT2D eigenvalue weighted by Crippen LogP contribution is 2.20. The highest BCUT2D eigenvalue weighted by Gasteiger charge is 2.04. The van der Waals surface area contributed by atoms with Crippen LogP contribution in [0.1, 0.15) is 11.1 Å². The van der Waals surface area contributed by atoms with Crippen LogP contribution >= 0.6 is 11.6 Å². The van der Waals surface area contributed by atoms with E-state index in [4.69, 9.17) is 16.7 Å². The van der Waals surface area contributed by atoms with E-state index in [2.05, 4.69) is 9.97 Å². The molecule has 0 aliphatic carbocycles. The second-order valence-electron chi connectivity index (χ2n) is 3.29. The summed E-state index contributed by atoms with van der Waals surface area (Å²) in [4.78, 5) is 17.6. The standard InChI is InChI=1S/C11H9ClN2O2/c12-5-7-3-8(1-2-10(15)16)11-9(4-7)13-6-14-11/h1-4,6H,5H2,(H,13,14)(H,15,16)/b2-1+. The van der Waals surface area contributed by atoms with Gasteiger partial charge in [-0.2, -0.15) is 0 Å². The number of aromatic amines is 1. The lowest BCUT2D eigenvalue weighted by Crippen LogP contribution is -1.88. The highest BCUT2D eigenvalue weighted by atomic mass is 35.5. The maximum absolute atomic E-state index is 10.5. The Hall–Kier alpha value is -1.81. The molecule has 2 aromatic rings. The molecule has 0 spiro atoms. The lowest BCUT2D eigenvalue weighted by Gasteiger charge is -2.00. The Labute approximate surface area is 96.6 Å². The molecular formula is C11H9ClN2O2. The summed E-state index contributed by atoms with van der Waals surface area (Å²) in [6.07, 6.45) is 4.17. The van der Waals surface area contributed by atoms with Crippen molar-refractivity contribution in [3.63, 3.8) is 0 Å². The van der Waals surface area contributed by atoms with Crippen molar-refractivity contribution < 1.29 is 9.90 Å². The van der Waals surface area contributed by atoms with Crippen molar-refractivity contribution >= 4 is 34.7 Å². The average molecular weight is 237 g/mol. The molecule has 1 heterocycles. The van der Waals surface area contributed by atoms with Gasteiger partial charge in [-0.1, -0.05) is 0 Å². The van der Waals surface area contributed by atoms with Crippen LogP contribution in [0.5, 0.6) is 0 Å². The molecule has 82 valence electrons. The summed E-state index contributed by atoms with van der Waals surface area (Å²) in [5, 5.41) is 8.58. The Morgan fingerprint density at radius 1 is 1.56 bits per heavy atom. The SMILES string of the molecule is O=C(O)/C=C/c1cc(CCl)cc2[nH]cnc12. The summed E-state index contributed by atoms with van der Waals surface area (Å²) in [7, 11) is 0. The predicted molar refractivity (Wildman–Crippen MR) is 62.3 cm³/mol. The Bertz CT molecular complexity index is 560. The molecule has 0 amide bonds. The van der Waals surface area contributed by atoms with Gasteiger partial charge in [-0.3, -0.25) is 0 Å². The molecule has 0 radical (unpaired) electrons. The number of aromatic nitrogens is 2. The molecule has 0 atom stereocenters. The molecule has 0 saturated carbocycles. The van der Waals surface area contributed by atoms with Gasteiger partial charge in [0.1, 0.15) is 0 Å². The molecule has 0 unspecified atom stereocenters. The first-order valence-corrected chi connectivity index (χ1v) is 5.17. The summed E-state index contributed by atoms with van der Waals surface area (Å²) in [5.41, 5.74) is 3.26. The van der Waals surface area contributed by atoms with Crippen LogP contribution in [0.2, 0.25) is 0 Å². The summed E-state index contributed by atoms with van der Waals surface area (Å²) < 4.78 is 0. The zero-order valence-corrected chi connectivity index (χ0v) is 9.03. The number of rotatable bonds is 3. The van der Waals surface area contributed by atoms with E-state index >= 15 is 0 Å². The van der Waals surface area contributed by atoms with Crippen LogP contribution < -0.4 is 0 Å². The first-order chi connectivity index (χ1) is 7.70. The van der Waals surface area contributed by atoms with Crippen molar-refractivity contribution in [3.05, 3.63) is 35.7 Å². The van der Waals surface area contributed by atoms with E-state index in [0.717, 1.165) is 28.2 Å². The van der Waals surface area contributed by atoms with E-state index < -0.39 is 5.97 Å². The van der Waals surface area contributed by atoms with Crippen molar-refractivity contribution in [3.8, 4) is 0 Å². The molecule has 2 rings (SSSR count). The van der Waals surface area contributed by atoms with E-state index in [0.29, 0.717) is 5.88 Å². The van der Waals surface area contributed by atoms with Crippen LogP contribution in [-0.4, -0.2) is 21.0 Å². The van der Waals surface area contributed by atoms with Gasteiger partial charge in [0, 0.05) is 17.5 Å². The number of imidazole rings is 1. The van der Waals surface area contributed by atoms with Crippen LogP contribution in [-0.2, 0) is 10.7 Å². The minimum absolute atomic E-state index is 0.378. The van der Waals surface area contributed by atoms with Gasteiger partial charge in [0.15, 0.2) is 0 Å². The fraction of sp³-hybridized carbons (Fsp3) is 0.0909. The van der Waals surface area contributed by atoms with Crippen molar-refractivity contribution in [1.82, 2.24) is 9.97 Å². The molecule has 0 saturated heterocycles. The van der Waals surface area contributed by atoms with Crippen molar-refractivity contribution in [2.45, 2.75) is 5.88 Å². The Kier molecular flexibility index (Phi) is 2.92. The third-order valence-corrected chi connectivity index (χ3v) is 2.48. The fourth-order valence-corrected chi connectivity index (χ4v) is 1.66. The quantitative estimate of drug-likeness (QED) is 0.635. The second kappa shape index (κ2) is 4.37. The number of alkyl halides is 1. The minimum atomic E-state index is -0.986. The molecule has 4 nitrogen and oxygen atoms in total. The van der Waals surface area contributed by atoms with Crippen LogP contribution in [0.15, 0.2) is 24.5 Å². The summed E-state index contributed by atoms with van der Waals surface area (Å²) in [5.74, 6) is -0.608. The molecule has 0 bridgehead atoms. The number of benzene rings is 1. The number of carbonyl (C=O) groups is 1. The first-order valence-electron chi connectivity index (χ1n) is 4.63.